The topological polar surface area (TPSA) is 84.0 Å². The van der Waals surface area contributed by atoms with E-state index in [2.05, 4.69) is 15.2 Å². The summed E-state index contributed by atoms with van der Waals surface area (Å²) in [5, 5.41) is 3.31. The molecule has 43 heavy (non-hydrogen) atoms. The first-order valence-electron chi connectivity index (χ1n) is 14.2. The molecule has 0 saturated carbocycles. The molecule has 2 amide bonds. The van der Waals surface area contributed by atoms with Crippen LogP contribution in [-0.4, -0.2) is 73.5 Å². The minimum atomic E-state index is -0.413. The number of benzene rings is 3. The lowest BCUT2D eigenvalue weighted by Crippen LogP contribution is -2.50. The van der Waals surface area contributed by atoms with Crippen LogP contribution in [0.25, 0.3) is 0 Å². The Balaban J connectivity index is 0.000000403. The van der Waals surface area contributed by atoms with Crippen molar-refractivity contribution in [2.24, 2.45) is 0 Å². The van der Waals surface area contributed by atoms with Crippen LogP contribution in [0.4, 0.5) is 0 Å². The van der Waals surface area contributed by atoms with Crippen LogP contribution in [0.1, 0.15) is 27.0 Å². The van der Waals surface area contributed by atoms with Crippen LogP contribution in [0.2, 0.25) is 5.02 Å². The number of hydrogen-bond donors (Lipinski definition) is 1. The third kappa shape index (κ3) is 9.92. The van der Waals surface area contributed by atoms with Gasteiger partial charge in [-0.05, 0) is 48.5 Å². The normalized spacial score (nSPS) is 13.0. The summed E-state index contributed by atoms with van der Waals surface area (Å²) in [6, 6.07) is 28.7. The molecular weight excluding hydrogens is 564 g/mol. The minimum absolute atomic E-state index is 0.0723. The van der Waals surface area contributed by atoms with E-state index in [0.717, 1.165) is 24.2 Å². The van der Waals surface area contributed by atoms with E-state index in [0.29, 0.717) is 36.9 Å². The first kappa shape index (κ1) is 31.7. The largest absolute Gasteiger partial charge is 0.438 e. The van der Waals surface area contributed by atoms with Gasteiger partial charge in [-0.1, -0.05) is 72.3 Å². The van der Waals surface area contributed by atoms with Gasteiger partial charge in [0.1, 0.15) is 11.3 Å². The van der Waals surface area contributed by atoms with E-state index in [-0.39, 0.29) is 23.9 Å². The molecule has 0 atom stereocenters. The molecule has 2 heterocycles. The molecule has 0 aliphatic carbocycles. The van der Waals surface area contributed by atoms with Gasteiger partial charge in [0, 0.05) is 56.5 Å². The SMILES string of the molecule is CN1CCN(C(=O)CNC(=O)c2cccnc2Oc2ccc(Cl)cc2Cc2ccccc2)CC1.COCc1ccccc1. The number of rotatable bonds is 9. The van der Waals surface area contributed by atoms with Crippen LogP contribution < -0.4 is 10.1 Å². The van der Waals surface area contributed by atoms with E-state index in [1.807, 2.05) is 73.8 Å². The van der Waals surface area contributed by atoms with Crippen molar-refractivity contribution in [2.45, 2.75) is 13.0 Å². The summed E-state index contributed by atoms with van der Waals surface area (Å²) in [7, 11) is 3.73. The molecule has 1 N–H and O–H groups in total. The fourth-order valence-electron chi connectivity index (χ4n) is 4.51. The Hall–Kier alpha value is -4.24. The second-order valence-corrected chi connectivity index (χ2v) is 10.6. The van der Waals surface area contributed by atoms with Crippen molar-refractivity contribution in [3.63, 3.8) is 0 Å². The third-order valence-corrected chi connectivity index (χ3v) is 7.13. The van der Waals surface area contributed by atoms with Crippen molar-refractivity contribution in [1.29, 1.82) is 0 Å². The maximum absolute atomic E-state index is 12.9. The smallest absolute Gasteiger partial charge is 0.257 e. The fourth-order valence-corrected chi connectivity index (χ4v) is 4.70. The lowest BCUT2D eigenvalue weighted by atomic mass is 10.0. The van der Waals surface area contributed by atoms with Crippen molar-refractivity contribution < 1.29 is 19.1 Å². The number of nitrogens with zero attached hydrogens (tertiary/aromatic N) is 3. The summed E-state index contributed by atoms with van der Waals surface area (Å²) in [5.41, 5.74) is 3.46. The molecule has 0 unspecified atom stereocenters. The highest BCUT2D eigenvalue weighted by Gasteiger charge is 2.21. The number of carbonyl (C=O) groups excluding carboxylic acids is 2. The molecule has 3 aromatic carbocycles. The third-order valence-electron chi connectivity index (χ3n) is 6.89. The van der Waals surface area contributed by atoms with Crippen LogP contribution in [0.5, 0.6) is 11.6 Å². The maximum atomic E-state index is 12.9. The lowest BCUT2D eigenvalue weighted by molar-refractivity contribution is -0.131. The lowest BCUT2D eigenvalue weighted by Gasteiger charge is -2.32. The van der Waals surface area contributed by atoms with E-state index in [9.17, 15) is 9.59 Å². The van der Waals surface area contributed by atoms with Gasteiger partial charge in [0.05, 0.1) is 13.2 Å². The summed E-state index contributed by atoms with van der Waals surface area (Å²) < 4.78 is 11.0. The van der Waals surface area contributed by atoms with Gasteiger partial charge in [-0.25, -0.2) is 4.98 Å². The maximum Gasteiger partial charge on any atom is 0.257 e. The van der Waals surface area contributed by atoms with Crippen LogP contribution in [0, 0.1) is 0 Å². The molecular formula is C34H37ClN4O4. The van der Waals surface area contributed by atoms with Gasteiger partial charge in [-0.2, -0.15) is 0 Å². The molecule has 1 saturated heterocycles. The Morgan fingerprint density at radius 1 is 0.884 bits per heavy atom. The quantitative estimate of drug-likeness (QED) is 0.275. The number of likely N-dealkylation sites (N-methyl/N-ethyl adjacent to an activating group) is 1. The number of nitrogens with one attached hydrogen (secondary N) is 1. The summed E-state index contributed by atoms with van der Waals surface area (Å²) in [4.78, 5) is 33.6. The van der Waals surface area contributed by atoms with Gasteiger partial charge in [0.15, 0.2) is 0 Å². The van der Waals surface area contributed by atoms with Gasteiger partial charge in [0.2, 0.25) is 11.8 Å². The second-order valence-electron chi connectivity index (χ2n) is 10.2. The van der Waals surface area contributed by atoms with E-state index in [1.54, 1.807) is 42.5 Å². The van der Waals surface area contributed by atoms with Gasteiger partial charge < -0.3 is 24.6 Å². The summed E-state index contributed by atoms with van der Waals surface area (Å²) in [6.07, 6.45) is 2.18. The Labute approximate surface area is 258 Å². The number of carbonyl (C=O) groups is 2. The fraction of sp³-hybridized carbons (Fsp3) is 0.265. The summed E-state index contributed by atoms with van der Waals surface area (Å²) >= 11 is 6.24. The Kier molecular flexibility index (Phi) is 12.1. The van der Waals surface area contributed by atoms with Crippen LogP contribution in [0.15, 0.2) is 97.2 Å². The van der Waals surface area contributed by atoms with Crippen LogP contribution >= 0.6 is 11.6 Å². The van der Waals surface area contributed by atoms with Crippen molar-refractivity contribution >= 4 is 23.4 Å². The number of hydrogen-bond acceptors (Lipinski definition) is 6. The monoisotopic (exact) mass is 600 g/mol. The minimum Gasteiger partial charge on any atom is -0.438 e. The first-order chi connectivity index (χ1) is 20.9. The van der Waals surface area contributed by atoms with Crippen molar-refractivity contribution in [3.8, 4) is 11.6 Å². The number of ether oxygens (including phenoxy) is 2. The van der Waals surface area contributed by atoms with Gasteiger partial charge in [-0.3, -0.25) is 9.59 Å². The molecule has 0 bridgehead atoms. The van der Waals surface area contributed by atoms with E-state index < -0.39 is 5.91 Å². The zero-order valence-electron chi connectivity index (χ0n) is 24.5. The van der Waals surface area contributed by atoms with Crippen LogP contribution in [0.3, 0.4) is 0 Å². The molecule has 8 nitrogen and oxygen atoms in total. The average molecular weight is 601 g/mol. The van der Waals surface area contributed by atoms with Crippen LogP contribution in [-0.2, 0) is 22.6 Å². The number of piperazine rings is 1. The predicted molar refractivity (Wildman–Crippen MR) is 169 cm³/mol. The molecule has 1 fully saturated rings. The molecule has 4 aromatic rings. The molecule has 224 valence electrons. The number of methoxy groups -OCH3 is 1. The highest BCUT2D eigenvalue weighted by Crippen LogP contribution is 2.30. The molecule has 1 aliphatic rings. The predicted octanol–water partition coefficient (Wildman–Crippen LogP) is 5.45. The van der Waals surface area contributed by atoms with Gasteiger partial charge >= 0.3 is 0 Å². The standard InChI is InChI=1S/C26H27ClN4O3.C8H10O/c1-30-12-14-31(15-13-30)24(32)18-29-25(33)22-8-5-11-28-26(22)34-23-10-9-21(27)17-20(23)16-19-6-3-2-4-7-19;1-9-7-8-5-3-2-4-6-8/h2-11,17H,12-16,18H2,1H3,(H,29,33);2-6H,7H2,1H3. The second kappa shape index (κ2) is 16.4. The number of pyridine rings is 1. The Morgan fingerprint density at radius 3 is 2.23 bits per heavy atom. The molecule has 1 aliphatic heterocycles. The van der Waals surface area contributed by atoms with E-state index in [4.69, 9.17) is 21.1 Å². The van der Waals surface area contributed by atoms with Gasteiger partial charge in [-0.15, -0.1) is 0 Å². The van der Waals surface area contributed by atoms with Crippen molar-refractivity contribution in [3.05, 3.63) is 124 Å². The zero-order valence-corrected chi connectivity index (χ0v) is 25.3. The van der Waals surface area contributed by atoms with Crippen molar-refractivity contribution in [1.82, 2.24) is 20.1 Å². The average Bonchev–Trinajstić information content (AvgIpc) is 3.03. The summed E-state index contributed by atoms with van der Waals surface area (Å²) in [6.45, 7) is 3.61. The Bertz CT molecular complexity index is 1460. The molecule has 5 rings (SSSR count). The molecule has 0 radical (unpaired) electrons. The Morgan fingerprint density at radius 2 is 1.56 bits per heavy atom. The summed E-state index contributed by atoms with van der Waals surface area (Å²) in [5.74, 6) is 0.220. The number of aromatic nitrogens is 1. The highest BCUT2D eigenvalue weighted by molar-refractivity contribution is 6.30. The highest BCUT2D eigenvalue weighted by atomic mass is 35.5. The number of halogens is 1. The van der Waals surface area contributed by atoms with Gasteiger partial charge in [0.25, 0.3) is 5.91 Å². The molecule has 9 heteroatoms. The molecule has 0 spiro atoms. The first-order valence-corrected chi connectivity index (χ1v) is 14.5. The van der Waals surface area contributed by atoms with E-state index in [1.165, 1.54) is 5.56 Å². The molecule has 1 aromatic heterocycles. The van der Waals surface area contributed by atoms with Crippen molar-refractivity contribution in [2.75, 3.05) is 46.9 Å². The zero-order chi connectivity index (χ0) is 30.4. The van der Waals surface area contributed by atoms with E-state index >= 15 is 0 Å². The number of amides is 2.